The highest BCUT2D eigenvalue weighted by Crippen LogP contribution is 2.37. The summed E-state index contributed by atoms with van der Waals surface area (Å²) < 4.78 is 26.4. The maximum Gasteiger partial charge on any atom is 0.237 e. The third kappa shape index (κ3) is 4.58. The lowest BCUT2D eigenvalue weighted by atomic mass is 10.2. The smallest absolute Gasteiger partial charge is 0.237 e. The summed E-state index contributed by atoms with van der Waals surface area (Å²) in [5, 5.41) is -0.0735. The molecule has 1 amide bonds. The van der Waals surface area contributed by atoms with Gasteiger partial charge < -0.3 is 4.90 Å². The van der Waals surface area contributed by atoms with E-state index in [1.165, 1.54) is 24.3 Å². The quantitative estimate of drug-likeness (QED) is 0.811. The van der Waals surface area contributed by atoms with Gasteiger partial charge in [-0.15, -0.1) is 11.8 Å². The Morgan fingerprint density at radius 3 is 2.68 bits per heavy atom. The van der Waals surface area contributed by atoms with Gasteiger partial charge >= 0.3 is 0 Å². The van der Waals surface area contributed by atoms with E-state index < -0.39 is 0 Å². The first-order chi connectivity index (χ1) is 12.0. The minimum absolute atomic E-state index is 0.0261. The van der Waals surface area contributed by atoms with Crippen molar-refractivity contribution in [2.45, 2.75) is 11.9 Å². The first kappa shape index (κ1) is 17.9. The molecular weight excluding hydrogens is 342 g/mol. The highest BCUT2D eigenvalue weighted by molar-refractivity contribution is 7.99. The monoisotopic (exact) mass is 362 g/mol. The molecule has 25 heavy (non-hydrogen) atoms. The molecule has 0 saturated carbocycles. The maximum absolute atomic E-state index is 13.3. The van der Waals surface area contributed by atoms with E-state index in [0.29, 0.717) is 13.1 Å². The number of hydrogen-bond donors (Lipinski definition) is 0. The average Bonchev–Trinajstić information content (AvgIpc) is 3.05. The highest BCUT2D eigenvalue weighted by atomic mass is 32.2. The molecule has 6 heteroatoms. The van der Waals surface area contributed by atoms with Crippen molar-refractivity contribution in [3.8, 4) is 0 Å². The Morgan fingerprint density at radius 1 is 1.20 bits per heavy atom. The zero-order valence-electron chi connectivity index (χ0n) is 14.0. The zero-order chi connectivity index (χ0) is 17.8. The van der Waals surface area contributed by atoms with E-state index in [1.54, 1.807) is 30.0 Å². The van der Waals surface area contributed by atoms with Crippen molar-refractivity contribution in [2.24, 2.45) is 0 Å². The third-order valence-electron chi connectivity index (χ3n) is 4.11. The van der Waals surface area contributed by atoms with Crippen molar-refractivity contribution < 1.29 is 13.6 Å². The number of thioether (sulfide) groups is 1. The number of nitrogens with zero attached hydrogens (tertiary/aromatic N) is 2. The van der Waals surface area contributed by atoms with Gasteiger partial charge in [0.1, 0.15) is 17.0 Å². The number of carbonyl (C=O) groups is 1. The van der Waals surface area contributed by atoms with Crippen LogP contribution in [0.5, 0.6) is 0 Å². The Balaban J connectivity index is 1.62. The molecule has 1 saturated heterocycles. The van der Waals surface area contributed by atoms with Crippen LogP contribution in [0.25, 0.3) is 0 Å². The molecule has 0 bridgehead atoms. The number of rotatable bonds is 5. The summed E-state index contributed by atoms with van der Waals surface area (Å²) in [5.41, 5.74) is 1.77. The minimum Gasteiger partial charge on any atom is -0.325 e. The van der Waals surface area contributed by atoms with Crippen molar-refractivity contribution >= 4 is 17.7 Å². The summed E-state index contributed by atoms with van der Waals surface area (Å²) in [6, 6.07) is 12.7. The molecule has 1 aliphatic rings. The molecule has 0 radical (unpaired) electrons. The van der Waals surface area contributed by atoms with Crippen LogP contribution in [0.2, 0.25) is 0 Å². The van der Waals surface area contributed by atoms with E-state index in [-0.39, 0.29) is 29.5 Å². The molecule has 2 aromatic carbocycles. The van der Waals surface area contributed by atoms with Gasteiger partial charge in [-0.05, 0) is 42.4 Å². The number of amides is 1. The van der Waals surface area contributed by atoms with Crippen LogP contribution in [-0.4, -0.2) is 41.6 Å². The normalized spacial score (nSPS) is 17.3. The van der Waals surface area contributed by atoms with Crippen molar-refractivity contribution in [2.75, 3.05) is 25.9 Å². The summed E-state index contributed by atoms with van der Waals surface area (Å²) in [7, 11) is 1.85. The number of likely N-dealkylation sites (N-methyl/N-ethyl adjacent to an activating group) is 1. The Labute approximate surface area is 150 Å². The summed E-state index contributed by atoms with van der Waals surface area (Å²) in [6.45, 7) is 1.44. The Morgan fingerprint density at radius 2 is 1.96 bits per heavy atom. The molecule has 0 aromatic heterocycles. The topological polar surface area (TPSA) is 23.6 Å². The lowest BCUT2D eigenvalue weighted by Crippen LogP contribution is -2.38. The van der Waals surface area contributed by atoms with Crippen LogP contribution in [0.1, 0.15) is 16.5 Å². The summed E-state index contributed by atoms with van der Waals surface area (Å²) in [5.74, 6) is 0.337. The lowest BCUT2D eigenvalue weighted by Gasteiger charge is -2.26. The average molecular weight is 362 g/mol. The van der Waals surface area contributed by atoms with Crippen molar-refractivity contribution in [3.05, 3.63) is 71.3 Å². The second-order valence-corrected chi connectivity index (χ2v) is 7.35. The molecule has 1 aliphatic heterocycles. The molecule has 1 atom stereocenters. The predicted molar refractivity (Wildman–Crippen MR) is 96.0 cm³/mol. The molecule has 3 rings (SSSR count). The van der Waals surface area contributed by atoms with E-state index in [2.05, 4.69) is 0 Å². The van der Waals surface area contributed by atoms with Gasteiger partial charge in [-0.25, -0.2) is 8.78 Å². The fraction of sp³-hybridized carbons (Fsp3) is 0.316. The van der Waals surface area contributed by atoms with E-state index >= 15 is 0 Å². The zero-order valence-corrected chi connectivity index (χ0v) is 14.8. The van der Waals surface area contributed by atoms with Gasteiger partial charge in [0.2, 0.25) is 5.91 Å². The number of halogens is 2. The van der Waals surface area contributed by atoms with Crippen LogP contribution in [0, 0.1) is 11.6 Å². The number of carbonyl (C=O) groups excluding carboxylic acids is 1. The standard InChI is InChI=1S/C19H20F2N2OS/c1-22(12-14-3-2-4-17(21)11-14)13-18(24)23-9-10-25-19(23)15-5-7-16(20)8-6-15/h2-8,11,19H,9-10,12-13H2,1H3. The molecule has 0 spiro atoms. The lowest BCUT2D eigenvalue weighted by molar-refractivity contribution is -0.132. The summed E-state index contributed by atoms with van der Waals surface area (Å²) in [6.07, 6.45) is 0. The van der Waals surface area contributed by atoms with E-state index in [1.807, 2.05) is 22.9 Å². The third-order valence-corrected chi connectivity index (χ3v) is 5.37. The van der Waals surface area contributed by atoms with E-state index in [9.17, 15) is 13.6 Å². The van der Waals surface area contributed by atoms with Gasteiger partial charge in [-0.3, -0.25) is 9.69 Å². The van der Waals surface area contributed by atoms with Gasteiger partial charge in [0.05, 0.1) is 6.54 Å². The largest absolute Gasteiger partial charge is 0.325 e. The van der Waals surface area contributed by atoms with E-state index in [0.717, 1.165) is 16.9 Å². The fourth-order valence-electron chi connectivity index (χ4n) is 2.95. The van der Waals surface area contributed by atoms with Crippen LogP contribution in [0.15, 0.2) is 48.5 Å². The van der Waals surface area contributed by atoms with Crippen LogP contribution < -0.4 is 0 Å². The van der Waals surface area contributed by atoms with Crippen LogP contribution in [0.4, 0.5) is 8.78 Å². The molecular formula is C19H20F2N2OS. The molecule has 1 heterocycles. The molecule has 3 nitrogen and oxygen atoms in total. The summed E-state index contributed by atoms with van der Waals surface area (Å²) >= 11 is 1.69. The molecule has 1 unspecified atom stereocenters. The fourth-order valence-corrected chi connectivity index (χ4v) is 4.23. The van der Waals surface area contributed by atoms with Gasteiger partial charge in [-0.1, -0.05) is 24.3 Å². The molecule has 132 valence electrons. The molecule has 0 N–H and O–H groups in total. The van der Waals surface area contributed by atoms with Gasteiger partial charge in [0.15, 0.2) is 0 Å². The SMILES string of the molecule is CN(CC(=O)N1CCSC1c1ccc(F)cc1)Cc1cccc(F)c1. The maximum atomic E-state index is 13.3. The van der Waals surface area contributed by atoms with Gasteiger partial charge in [-0.2, -0.15) is 0 Å². The summed E-state index contributed by atoms with van der Waals surface area (Å²) in [4.78, 5) is 16.4. The van der Waals surface area contributed by atoms with Gasteiger partial charge in [0, 0.05) is 18.8 Å². The van der Waals surface area contributed by atoms with Crippen LogP contribution in [0.3, 0.4) is 0 Å². The van der Waals surface area contributed by atoms with Crippen LogP contribution in [-0.2, 0) is 11.3 Å². The van der Waals surface area contributed by atoms with Crippen molar-refractivity contribution in [1.82, 2.24) is 9.80 Å². The highest BCUT2D eigenvalue weighted by Gasteiger charge is 2.30. The Kier molecular flexibility index (Phi) is 5.71. The number of hydrogen-bond acceptors (Lipinski definition) is 3. The van der Waals surface area contributed by atoms with E-state index in [4.69, 9.17) is 0 Å². The van der Waals surface area contributed by atoms with Crippen molar-refractivity contribution in [3.63, 3.8) is 0 Å². The second-order valence-electron chi connectivity index (χ2n) is 6.16. The van der Waals surface area contributed by atoms with Gasteiger partial charge in [0.25, 0.3) is 0 Å². The Bertz CT molecular complexity index is 738. The Hall–Kier alpha value is -1.92. The first-order valence-corrected chi connectivity index (χ1v) is 9.17. The predicted octanol–water partition coefficient (Wildman–Crippen LogP) is 3.67. The second kappa shape index (κ2) is 7.97. The molecule has 2 aromatic rings. The molecule has 0 aliphatic carbocycles. The van der Waals surface area contributed by atoms with Crippen molar-refractivity contribution in [1.29, 1.82) is 0 Å². The van der Waals surface area contributed by atoms with Crippen LogP contribution >= 0.6 is 11.8 Å². The first-order valence-electron chi connectivity index (χ1n) is 8.12. The minimum atomic E-state index is -0.278. The number of benzene rings is 2. The molecule has 1 fully saturated rings.